The summed E-state index contributed by atoms with van der Waals surface area (Å²) in [6, 6.07) is 0. The summed E-state index contributed by atoms with van der Waals surface area (Å²) in [5.74, 6) is 4.62. The summed E-state index contributed by atoms with van der Waals surface area (Å²) in [6.07, 6.45) is 14.5. The van der Waals surface area contributed by atoms with E-state index in [-0.39, 0.29) is 0 Å². The highest BCUT2D eigenvalue weighted by molar-refractivity contribution is 5.07. The fourth-order valence-corrected chi connectivity index (χ4v) is 7.51. The fraction of sp³-hybridized carbons (Fsp3) is 1.00. The Morgan fingerprint density at radius 1 is 0.905 bits per heavy atom. The van der Waals surface area contributed by atoms with Gasteiger partial charge in [-0.3, -0.25) is 0 Å². The molecule has 120 valence electrons. The number of rotatable bonds is 1. The van der Waals surface area contributed by atoms with Crippen molar-refractivity contribution in [3.8, 4) is 0 Å². The molecule has 4 aliphatic carbocycles. The zero-order valence-corrected chi connectivity index (χ0v) is 14.1. The van der Waals surface area contributed by atoms with Crippen LogP contribution in [0.15, 0.2) is 0 Å². The van der Waals surface area contributed by atoms with E-state index in [1.54, 1.807) is 0 Å². The van der Waals surface area contributed by atoms with E-state index in [9.17, 15) is 5.11 Å². The Balaban J connectivity index is 1.59. The molecular formula is C20H34O. The lowest BCUT2D eigenvalue weighted by molar-refractivity contribution is -0.114. The maximum Gasteiger partial charge on any atom is 0.0459 e. The topological polar surface area (TPSA) is 20.2 Å². The molecule has 7 atom stereocenters. The second-order valence-electron chi connectivity index (χ2n) is 9.56. The first-order valence-corrected chi connectivity index (χ1v) is 9.68. The largest absolute Gasteiger partial charge is 0.396 e. The number of hydrogen-bond acceptors (Lipinski definition) is 1. The van der Waals surface area contributed by atoms with Crippen LogP contribution >= 0.6 is 0 Å². The minimum absolute atomic E-state index is 0.432. The number of fused-ring (bicyclic) bond motifs is 5. The monoisotopic (exact) mass is 290 g/mol. The van der Waals surface area contributed by atoms with Gasteiger partial charge in [-0.1, -0.05) is 20.3 Å². The van der Waals surface area contributed by atoms with Crippen molar-refractivity contribution in [3.63, 3.8) is 0 Å². The Hall–Kier alpha value is -0.0400. The third kappa shape index (κ3) is 2.06. The lowest BCUT2D eigenvalue weighted by Gasteiger charge is -2.60. The molecule has 0 aromatic heterocycles. The molecule has 4 rings (SSSR count). The zero-order valence-electron chi connectivity index (χ0n) is 14.1. The van der Waals surface area contributed by atoms with Gasteiger partial charge in [0.25, 0.3) is 0 Å². The predicted molar refractivity (Wildman–Crippen MR) is 86.9 cm³/mol. The molecule has 0 aliphatic heterocycles. The van der Waals surface area contributed by atoms with E-state index in [0.717, 1.165) is 23.7 Å². The molecule has 1 unspecified atom stereocenters. The summed E-state index contributed by atoms with van der Waals surface area (Å²) >= 11 is 0. The molecule has 0 saturated heterocycles. The zero-order chi connectivity index (χ0) is 14.7. The van der Waals surface area contributed by atoms with Gasteiger partial charge in [0, 0.05) is 6.61 Å². The first-order valence-electron chi connectivity index (χ1n) is 9.68. The van der Waals surface area contributed by atoms with Crippen LogP contribution < -0.4 is 0 Å². The van der Waals surface area contributed by atoms with Crippen molar-refractivity contribution in [2.24, 2.45) is 40.4 Å². The van der Waals surface area contributed by atoms with Gasteiger partial charge in [0.2, 0.25) is 0 Å². The van der Waals surface area contributed by atoms with Crippen molar-refractivity contribution in [3.05, 3.63) is 0 Å². The Bertz CT molecular complexity index is 405. The molecule has 1 heteroatoms. The SMILES string of the molecule is C[C@@]12CCC[C@H]1[C@@H]1CC[C@H]3CC(CO)CC[C@]3(C)[C@H]1CC2. The molecule has 0 radical (unpaired) electrons. The summed E-state index contributed by atoms with van der Waals surface area (Å²) in [5.41, 5.74) is 1.31. The lowest BCUT2D eigenvalue weighted by Crippen LogP contribution is -2.52. The van der Waals surface area contributed by atoms with Gasteiger partial charge >= 0.3 is 0 Å². The molecule has 0 amide bonds. The normalized spacial score (nSPS) is 56.4. The molecule has 1 N–H and O–H groups in total. The van der Waals surface area contributed by atoms with E-state index in [2.05, 4.69) is 13.8 Å². The average Bonchev–Trinajstić information content (AvgIpc) is 2.88. The summed E-state index contributed by atoms with van der Waals surface area (Å²) in [4.78, 5) is 0. The Morgan fingerprint density at radius 3 is 2.57 bits per heavy atom. The van der Waals surface area contributed by atoms with Crippen LogP contribution in [-0.4, -0.2) is 11.7 Å². The van der Waals surface area contributed by atoms with Crippen molar-refractivity contribution >= 4 is 0 Å². The van der Waals surface area contributed by atoms with E-state index in [0.29, 0.717) is 23.4 Å². The van der Waals surface area contributed by atoms with E-state index in [4.69, 9.17) is 0 Å². The molecular weight excluding hydrogens is 256 g/mol. The molecule has 4 aliphatic rings. The van der Waals surface area contributed by atoms with Gasteiger partial charge < -0.3 is 5.11 Å². The summed E-state index contributed by atoms with van der Waals surface area (Å²) in [5, 5.41) is 9.55. The molecule has 21 heavy (non-hydrogen) atoms. The molecule has 0 bridgehead atoms. The third-order valence-corrected chi connectivity index (χ3v) is 8.81. The molecule has 0 aromatic carbocycles. The van der Waals surface area contributed by atoms with Crippen LogP contribution in [0.5, 0.6) is 0 Å². The molecule has 4 saturated carbocycles. The lowest BCUT2D eigenvalue weighted by atomic mass is 9.45. The number of aliphatic hydroxyl groups excluding tert-OH is 1. The van der Waals surface area contributed by atoms with Crippen LogP contribution in [0.2, 0.25) is 0 Å². The second-order valence-corrected chi connectivity index (χ2v) is 9.56. The minimum Gasteiger partial charge on any atom is -0.396 e. The highest BCUT2D eigenvalue weighted by Gasteiger charge is 2.57. The number of aliphatic hydroxyl groups is 1. The van der Waals surface area contributed by atoms with Crippen molar-refractivity contribution in [2.45, 2.75) is 78.1 Å². The van der Waals surface area contributed by atoms with E-state index in [1.165, 1.54) is 64.2 Å². The van der Waals surface area contributed by atoms with Gasteiger partial charge in [0.1, 0.15) is 0 Å². The van der Waals surface area contributed by atoms with Crippen molar-refractivity contribution in [2.75, 3.05) is 6.61 Å². The molecule has 1 nitrogen and oxygen atoms in total. The van der Waals surface area contributed by atoms with E-state index >= 15 is 0 Å². The van der Waals surface area contributed by atoms with E-state index < -0.39 is 0 Å². The molecule has 0 aromatic rings. The minimum atomic E-state index is 0.432. The summed E-state index contributed by atoms with van der Waals surface area (Å²) < 4.78 is 0. The van der Waals surface area contributed by atoms with Crippen molar-refractivity contribution in [1.29, 1.82) is 0 Å². The maximum atomic E-state index is 9.55. The maximum absolute atomic E-state index is 9.55. The van der Waals surface area contributed by atoms with Crippen LogP contribution in [0.4, 0.5) is 0 Å². The Morgan fingerprint density at radius 2 is 1.76 bits per heavy atom. The van der Waals surface area contributed by atoms with Gasteiger partial charge in [0.05, 0.1) is 0 Å². The third-order valence-electron chi connectivity index (χ3n) is 8.81. The van der Waals surface area contributed by atoms with Gasteiger partial charge in [-0.05, 0) is 98.2 Å². The first-order chi connectivity index (χ1) is 10.1. The Labute approximate surface area is 130 Å². The van der Waals surface area contributed by atoms with Gasteiger partial charge in [-0.25, -0.2) is 0 Å². The van der Waals surface area contributed by atoms with Crippen LogP contribution in [0.3, 0.4) is 0 Å². The van der Waals surface area contributed by atoms with Crippen LogP contribution in [0.1, 0.15) is 78.1 Å². The van der Waals surface area contributed by atoms with Crippen LogP contribution in [0.25, 0.3) is 0 Å². The molecule has 0 spiro atoms. The quantitative estimate of drug-likeness (QED) is 0.718. The highest BCUT2D eigenvalue weighted by atomic mass is 16.3. The average molecular weight is 290 g/mol. The first kappa shape index (κ1) is 14.5. The highest BCUT2D eigenvalue weighted by Crippen LogP contribution is 2.66. The van der Waals surface area contributed by atoms with E-state index in [1.807, 2.05) is 0 Å². The number of hydrogen-bond donors (Lipinski definition) is 1. The smallest absolute Gasteiger partial charge is 0.0459 e. The van der Waals surface area contributed by atoms with Crippen molar-refractivity contribution < 1.29 is 5.11 Å². The van der Waals surface area contributed by atoms with Crippen LogP contribution in [0, 0.1) is 40.4 Å². The summed E-state index contributed by atoms with van der Waals surface area (Å²) in [6.45, 7) is 5.68. The summed E-state index contributed by atoms with van der Waals surface area (Å²) in [7, 11) is 0. The Kier molecular flexibility index (Phi) is 3.45. The second kappa shape index (κ2) is 4.98. The fourth-order valence-electron chi connectivity index (χ4n) is 7.51. The predicted octanol–water partition coefficient (Wildman–Crippen LogP) is 5.03. The van der Waals surface area contributed by atoms with Crippen molar-refractivity contribution in [1.82, 2.24) is 0 Å². The molecule has 4 fully saturated rings. The standard InChI is InChI=1S/C20H34O/c1-19-9-3-4-17(19)16-6-5-15-12-14(13-21)7-11-20(15,2)18(16)8-10-19/h14-18,21H,3-13H2,1-2H3/t14?,15-,16-,17-,18-,19-,20-/m0/s1. The molecule has 0 heterocycles. The van der Waals surface area contributed by atoms with Gasteiger partial charge in [-0.2, -0.15) is 0 Å². The van der Waals surface area contributed by atoms with Gasteiger partial charge in [-0.15, -0.1) is 0 Å². The van der Waals surface area contributed by atoms with Crippen LogP contribution in [-0.2, 0) is 0 Å². The van der Waals surface area contributed by atoms with Gasteiger partial charge in [0.15, 0.2) is 0 Å².